The third-order valence-corrected chi connectivity index (χ3v) is 5.43. The quantitative estimate of drug-likeness (QED) is 0.714. The second kappa shape index (κ2) is 8.05. The van der Waals surface area contributed by atoms with E-state index in [1.807, 2.05) is 11.8 Å². The second-order valence-electron chi connectivity index (χ2n) is 5.57. The molecule has 0 aromatic heterocycles. The van der Waals surface area contributed by atoms with Crippen LogP contribution in [0.1, 0.15) is 52.4 Å². The van der Waals surface area contributed by atoms with Gasteiger partial charge in [0.25, 0.3) is 0 Å². The number of nitrogens with one attached hydrogen (secondary N) is 1. The van der Waals surface area contributed by atoms with Gasteiger partial charge in [0.2, 0.25) is 5.91 Å². The van der Waals surface area contributed by atoms with Crippen molar-refractivity contribution in [2.45, 2.75) is 57.1 Å². The smallest absolute Gasteiger partial charge is 0.220 e. The number of amides is 1. The molecule has 1 aliphatic heterocycles. The predicted molar refractivity (Wildman–Crippen MR) is 79.8 cm³/mol. The topological polar surface area (TPSA) is 55.1 Å². The molecule has 0 aliphatic carbocycles. The van der Waals surface area contributed by atoms with Gasteiger partial charge in [0, 0.05) is 17.7 Å². The molecule has 1 heterocycles. The minimum Gasteiger partial charge on any atom is -0.355 e. The lowest BCUT2D eigenvalue weighted by Gasteiger charge is -2.23. The molecule has 2 atom stereocenters. The van der Waals surface area contributed by atoms with Gasteiger partial charge in [-0.1, -0.05) is 13.3 Å². The Kier molecular flexibility index (Phi) is 7.08. The summed E-state index contributed by atoms with van der Waals surface area (Å²) in [6.45, 7) is 5.99. The molecule has 1 saturated heterocycles. The molecule has 4 heteroatoms. The maximum Gasteiger partial charge on any atom is 0.220 e. The van der Waals surface area contributed by atoms with Crippen molar-refractivity contribution in [2.75, 3.05) is 18.8 Å². The van der Waals surface area contributed by atoms with E-state index in [0.29, 0.717) is 12.3 Å². The highest BCUT2D eigenvalue weighted by molar-refractivity contribution is 8.00. The molecular weight excluding hydrogens is 244 g/mol. The van der Waals surface area contributed by atoms with Crippen molar-refractivity contribution in [1.82, 2.24) is 5.32 Å². The Labute approximate surface area is 116 Å². The maximum atomic E-state index is 11.8. The molecule has 3 N–H and O–H groups in total. The molecule has 1 aliphatic rings. The first-order valence-electron chi connectivity index (χ1n) is 7.20. The maximum absolute atomic E-state index is 11.8. The van der Waals surface area contributed by atoms with Crippen LogP contribution < -0.4 is 11.1 Å². The Morgan fingerprint density at radius 1 is 1.50 bits per heavy atom. The first kappa shape index (κ1) is 15.8. The van der Waals surface area contributed by atoms with E-state index < -0.39 is 0 Å². The van der Waals surface area contributed by atoms with Crippen LogP contribution in [0, 0.1) is 5.92 Å². The van der Waals surface area contributed by atoms with Crippen LogP contribution in [-0.2, 0) is 4.79 Å². The van der Waals surface area contributed by atoms with Gasteiger partial charge in [-0.05, 0) is 50.8 Å². The Bertz CT molecular complexity index is 252. The molecule has 0 bridgehead atoms. The van der Waals surface area contributed by atoms with Crippen LogP contribution in [-0.4, -0.2) is 29.5 Å². The summed E-state index contributed by atoms with van der Waals surface area (Å²) in [4.78, 5) is 11.8. The highest BCUT2D eigenvalue weighted by Crippen LogP contribution is 2.36. The number of hydrogen-bond acceptors (Lipinski definition) is 3. The summed E-state index contributed by atoms with van der Waals surface area (Å²) in [6.07, 6.45) is 6.30. The third kappa shape index (κ3) is 5.61. The molecule has 0 aromatic carbocycles. The SMILES string of the molecule is CCC(CCN)CCC(=O)NCC1(C)CCCS1. The van der Waals surface area contributed by atoms with E-state index in [2.05, 4.69) is 19.2 Å². The minimum absolute atomic E-state index is 0.208. The number of nitrogens with two attached hydrogens (primary N) is 1. The predicted octanol–water partition coefficient (Wildman–Crippen LogP) is 2.54. The number of hydrogen-bond donors (Lipinski definition) is 2. The fourth-order valence-electron chi connectivity index (χ4n) is 2.47. The highest BCUT2D eigenvalue weighted by Gasteiger charge is 2.29. The van der Waals surface area contributed by atoms with E-state index in [0.717, 1.165) is 32.4 Å². The zero-order chi connectivity index (χ0) is 13.4. The monoisotopic (exact) mass is 272 g/mol. The zero-order valence-electron chi connectivity index (χ0n) is 11.8. The summed E-state index contributed by atoms with van der Waals surface area (Å²) in [5.41, 5.74) is 5.57. The summed E-state index contributed by atoms with van der Waals surface area (Å²) in [6, 6.07) is 0. The molecule has 0 radical (unpaired) electrons. The minimum atomic E-state index is 0.208. The molecule has 18 heavy (non-hydrogen) atoms. The first-order chi connectivity index (χ1) is 8.59. The largest absolute Gasteiger partial charge is 0.355 e. The zero-order valence-corrected chi connectivity index (χ0v) is 12.7. The summed E-state index contributed by atoms with van der Waals surface area (Å²) >= 11 is 1.99. The van der Waals surface area contributed by atoms with Crippen molar-refractivity contribution >= 4 is 17.7 Å². The summed E-state index contributed by atoms with van der Waals surface area (Å²) in [5.74, 6) is 2.05. The number of thioether (sulfide) groups is 1. The van der Waals surface area contributed by atoms with Crippen LogP contribution in [0.5, 0.6) is 0 Å². The molecule has 0 saturated carbocycles. The fraction of sp³-hybridized carbons (Fsp3) is 0.929. The van der Waals surface area contributed by atoms with Crippen LogP contribution in [0.2, 0.25) is 0 Å². The van der Waals surface area contributed by atoms with E-state index >= 15 is 0 Å². The Hall–Kier alpha value is -0.220. The average molecular weight is 272 g/mol. The second-order valence-corrected chi connectivity index (χ2v) is 7.25. The van der Waals surface area contributed by atoms with Crippen LogP contribution in [0.15, 0.2) is 0 Å². The van der Waals surface area contributed by atoms with Gasteiger partial charge in [0.05, 0.1) is 0 Å². The standard InChI is InChI=1S/C14H28N2OS/c1-3-12(7-9-15)5-6-13(17)16-11-14(2)8-4-10-18-14/h12H,3-11,15H2,1-2H3,(H,16,17). The molecule has 2 unspecified atom stereocenters. The van der Waals surface area contributed by atoms with E-state index in [-0.39, 0.29) is 10.7 Å². The molecule has 0 spiro atoms. The van der Waals surface area contributed by atoms with Crippen molar-refractivity contribution in [3.8, 4) is 0 Å². The van der Waals surface area contributed by atoms with Crippen molar-refractivity contribution in [2.24, 2.45) is 11.7 Å². The molecule has 1 amide bonds. The van der Waals surface area contributed by atoms with Gasteiger partial charge < -0.3 is 11.1 Å². The molecule has 1 rings (SSSR count). The molecule has 0 aromatic rings. The summed E-state index contributed by atoms with van der Waals surface area (Å²) in [5, 5.41) is 3.10. The van der Waals surface area contributed by atoms with Gasteiger partial charge in [-0.2, -0.15) is 11.8 Å². The van der Waals surface area contributed by atoms with Crippen LogP contribution in [0.3, 0.4) is 0 Å². The van der Waals surface area contributed by atoms with E-state index in [4.69, 9.17) is 5.73 Å². The van der Waals surface area contributed by atoms with Crippen LogP contribution >= 0.6 is 11.8 Å². The summed E-state index contributed by atoms with van der Waals surface area (Å²) < 4.78 is 0.275. The van der Waals surface area contributed by atoms with Gasteiger partial charge >= 0.3 is 0 Å². The first-order valence-corrected chi connectivity index (χ1v) is 8.19. The van der Waals surface area contributed by atoms with Gasteiger partial charge in [0.15, 0.2) is 0 Å². The molecular formula is C14H28N2OS. The van der Waals surface area contributed by atoms with Crippen LogP contribution in [0.4, 0.5) is 0 Å². The van der Waals surface area contributed by atoms with E-state index in [9.17, 15) is 4.79 Å². The van der Waals surface area contributed by atoms with Gasteiger partial charge in [-0.25, -0.2) is 0 Å². The van der Waals surface area contributed by atoms with Crippen molar-refractivity contribution in [3.63, 3.8) is 0 Å². The number of rotatable bonds is 8. The molecule has 3 nitrogen and oxygen atoms in total. The Morgan fingerprint density at radius 2 is 2.28 bits per heavy atom. The lowest BCUT2D eigenvalue weighted by molar-refractivity contribution is -0.121. The van der Waals surface area contributed by atoms with Crippen LogP contribution in [0.25, 0.3) is 0 Å². The normalized spacial score (nSPS) is 25.1. The highest BCUT2D eigenvalue weighted by atomic mass is 32.2. The number of carbonyl (C=O) groups is 1. The van der Waals surface area contributed by atoms with E-state index in [1.54, 1.807) is 0 Å². The van der Waals surface area contributed by atoms with Gasteiger partial charge in [-0.15, -0.1) is 0 Å². The lowest BCUT2D eigenvalue weighted by atomic mass is 9.96. The summed E-state index contributed by atoms with van der Waals surface area (Å²) in [7, 11) is 0. The third-order valence-electron chi connectivity index (χ3n) is 3.89. The average Bonchev–Trinajstić information content (AvgIpc) is 2.79. The van der Waals surface area contributed by atoms with Gasteiger partial charge in [0.1, 0.15) is 0 Å². The van der Waals surface area contributed by atoms with Crippen molar-refractivity contribution < 1.29 is 4.79 Å². The Balaban J connectivity index is 2.17. The Morgan fingerprint density at radius 3 is 2.83 bits per heavy atom. The molecule has 1 fully saturated rings. The molecule has 106 valence electrons. The van der Waals surface area contributed by atoms with E-state index in [1.165, 1.54) is 18.6 Å². The fourth-order valence-corrected chi connectivity index (χ4v) is 3.72. The van der Waals surface area contributed by atoms with Crippen molar-refractivity contribution in [3.05, 3.63) is 0 Å². The lowest BCUT2D eigenvalue weighted by Crippen LogP contribution is -2.36. The van der Waals surface area contributed by atoms with Crippen molar-refractivity contribution in [1.29, 1.82) is 0 Å². The number of carbonyl (C=O) groups excluding carboxylic acids is 1. The van der Waals surface area contributed by atoms with Gasteiger partial charge in [-0.3, -0.25) is 4.79 Å².